The Labute approximate surface area is 181 Å². The van der Waals surface area contributed by atoms with E-state index < -0.39 is 10.0 Å². The second-order valence-corrected chi connectivity index (χ2v) is 8.53. The van der Waals surface area contributed by atoms with Crippen molar-refractivity contribution >= 4 is 27.5 Å². The molecule has 2 aromatic carbocycles. The molecule has 2 amide bonds. The Morgan fingerprint density at radius 3 is 2.35 bits per heavy atom. The quantitative estimate of drug-likeness (QED) is 0.540. The topological polar surface area (TPSA) is 123 Å². The van der Waals surface area contributed by atoms with Crippen molar-refractivity contribution in [2.24, 2.45) is 0 Å². The van der Waals surface area contributed by atoms with E-state index in [1.807, 2.05) is 6.92 Å². The van der Waals surface area contributed by atoms with Crippen LogP contribution in [-0.4, -0.2) is 46.5 Å². The third-order valence-electron chi connectivity index (χ3n) is 4.43. The number of hydrogen-bond acceptors (Lipinski definition) is 6. The second-order valence-electron chi connectivity index (χ2n) is 6.84. The van der Waals surface area contributed by atoms with Crippen LogP contribution in [0.25, 0.3) is 0 Å². The molecule has 31 heavy (non-hydrogen) atoms. The molecular formula is C21H25N3O6S. The monoisotopic (exact) mass is 447 g/mol. The fourth-order valence-corrected chi connectivity index (χ4v) is 3.91. The van der Waals surface area contributed by atoms with Gasteiger partial charge in [0, 0.05) is 36.8 Å². The van der Waals surface area contributed by atoms with E-state index >= 15 is 0 Å². The maximum Gasteiger partial charge on any atom is 0.262 e. The predicted molar refractivity (Wildman–Crippen MR) is 115 cm³/mol. The molecule has 9 nitrogen and oxygen atoms in total. The molecule has 1 heterocycles. The first-order chi connectivity index (χ1) is 14.9. The van der Waals surface area contributed by atoms with Crippen LogP contribution in [0.1, 0.15) is 30.1 Å². The lowest BCUT2D eigenvalue weighted by molar-refractivity contribution is -0.120. The Morgan fingerprint density at radius 1 is 0.935 bits per heavy atom. The maximum absolute atomic E-state index is 12.7. The van der Waals surface area contributed by atoms with Crippen molar-refractivity contribution in [1.29, 1.82) is 0 Å². The molecule has 0 saturated carbocycles. The highest BCUT2D eigenvalue weighted by Crippen LogP contribution is 2.32. The van der Waals surface area contributed by atoms with Gasteiger partial charge in [-0.1, -0.05) is 6.92 Å². The molecule has 0 fully saturated rings. The number of benzene rings is 2. The summed E-state index contributed by atoms with van der Waals surface area (Å²) in [6.07, 6.45) is 1.04. The number of carbonyl (C=O) groups excluding carboxylic acids is 2. The standard InChI is InChI=1S/C21H25N3O6S/c1-2-10-22-20(25)9-11-23-21(26)15-3-5-16(6-4-15)24-31(27,28)17-7-8-18-19(14-17)30-13-12-29-18/h3-8,14,24H,2,9-13H2,1H3,(H,22,25)(H,23,26). The number of sulfonamides is 1. The SMILES string of the molecule is CCCNC(=O)CCNC(=O)c1ccc(NS(=O)(=O)c2ccc3c(c2)OCCO3)cc1. The third-order valence-corrected chi connectivity index (χ3v) is 5.81. The molecule has 3 N–H and O–H groups in total. The molecule has 1 aliphatic heterocycles. The molecule has 1 aliphatic rings. The number of carbonyl (C=O) groups is 2. The Morgan fingerprint density at radius 2 is 1.65 bits per heavy atom. The van der Waals surface area contributed by atoms with E-state index in [9.17, 15) is 18.0 Å². The van der Waals surface area contributed by atoms with E-state index in [-0.39, 0.29) is 29.7 Å². The van der Waals surface area contributed by atoms with Crippen LogP contribution in [0.5, 0.6) is 11.5 Å². The zero-order chi connectivity index (χ0) is 22.3. The van der Waals surface area contributed by atoms with Gasteiger partial charge in [0.25, 0.3) is 15.9 Å². The number of amides is 2. The van der Waals surface area contributed by atoms with Crippen LogP contribution in [0.2, 0.25) is 0 Å². The average molecular weight is 448 g/mol. The molecule has 2 aromatic rings. The number of ether oxygens (including phenoxy) is 2. The van der Waals surface area contributed by atoms with E-state index in [1.54, 1.807) is 6.07 Å². The van der Waals surface area contributed by atoms with Crippen LogP contribution in [-0.2, 0) is 14.8 Å². The van der Waals surface area contributed by atoms with Crippen molar-refractivity contribution in [3.8, 4) is 11.5 Å². The molecule has 0 bridgehead atoms. The van der Waals surface area contributed by atoms with E-state index in [2.05, 4.69) is 15.4 Å². The van der Waals surface area contributed by atoms with Gasteiger partial charge in [0.1, 0.15) is 13.2 Å². The van der Waals surface area contributed by atoms with Crippen molar-refractivity contribution in [3.05, 3.63) is 48.0 Å². The minimum absolute atomic E-state index is 0.0416. The van der Waals surface area contributed by atoms with Crippen molar-refractivity contribution in [2.75, 3.05) is 31.0 Å². The molecule has 0 unspecified atom stereocenters. The highest BCUT2D eigenvalue weighted by atomic mass is 32.2. The van der Waals surface area contributed by atoms with Gasteiger partial charge in [-0.25, -0.2) is 8.42 Å². The largest absolute Gasteiger partial charge is 0.486 e. The van der Waals surface area contributed by atoms with Crippen LogP contribution in [0.3, 0.4) is 0 Å². The molecule has 0 radical (unpaired) electrons. The van der Waals surface area contributed by atoms with Crippen molar-refractivity contribution in [3.63, 3.8) is 0 Å². The fourth-order valence-electron chi connectivity index (χ4n) is 2.84. The number of fused-ring (bicyclic) bond motifs is 1. The predicted octanol–water partition coefficient (Wildman–Crippen LogP) is 1.90. The molecule has 0 aromatic heterocycles. The first-order valence-corrected chi connectivity index (χ1v) is 11.4. The normalized spacial score (nSPS) is 12.7. The maximum atomic E-state index is 12.7. The zero-order valence-electron chi connectivity index (χ0n) is 17.1. The highest BCUT2D eigenvalue weighted by Gasteiger charge is 2.19. The molecule has 0 saturated heterocycles. The highest BCUT2D eigenvalue weighted by molar-refractivity contribution is 7.92. The first-order valence-electron chi connectivity index (χ1n) is 9.96. The van der Waals surface area contributed by atoms with E-state index in [1.165, 1.54) is 36.4 Å². The minimum atomic E-state index is -3.84. The van der Waals surface area contributed by atoms with E-state index in [4.69, 9.17) is 9.47 Å². The van der Waals surface area contributed by atoms with Crippen LogP contribution in [0.15, 0.2) is 47.4 Å². The summed E-state index contributed by atoms with van der Waals surface area (Å²) in [6, 6.07) is 10.4. The Kier molecular flexibility index (Phi) is 7.35. The van der Waals surface area contributed by atoms with E-state index in [0.717, 1.165) is 6.42 Å². The smallest absolute Gasteiger partial charge is 0.262 e. The summed E-state index contributed by atoms with van der Waals surface area (Å²) in [7, 11) is -3.84. The van der Waals surface area contributed by atoms with Gasteiger partial charge >= 0.3 is 0 Å². The summed E-state index contributed by atoms with van der Waals surface area (Å²) < 4.78 is 38.6. The molecule has 10 heteroatoms. The van der Waals surface area contributed by atoms with Crippen LogP contribution in [0.4, 0.5) is 5.69 Å². The molecule has 3 rings (SSSR count). The number of rotatable bonds is 9. The molecule has 166 valence electrons. The van der Waals surface area contributed by atoms with Gasteiger partial charge in [0.2, 0.25) is 5.91 Å². The molecule has 0 atom stereocenters. The number of anilines is 1. The van der Waals surface area contributed by atoms with Crippen LogP contribution < -0.4 is 24.8 Å². The fraction of sp³-hybridized carbons (Fsp3) is 0.333. The van der Waals surface area contributed by atoms with Crippen molar-refractivity contribution < 1.29 is 27.5 Å². The summed E-state index contributed by atoms with van der Waals surface area (Å²) in [5.74, 6) is 0.420. The Hall–Kier alpha value is -3.27. The molecular weight excluding hydrogens is 422 g/mol. The van der Waals surface area contributed by atoms with Crippen molar-refractivity contribution in [2.45, 2.75) is 24.7 Å². The van der Waals surface area contributed by atoms with Gasteiger partial charge in [-0.05, 0) is 42.8 Å². The van der Waals surface area contributed by atoms with Crippen LogP contribution in [0, 0.1) is 0 Å². The third kappa shape index (κ3) is 6.11. The minimum Gasteiger partial charge on any atom is -0.486 e. The van der Waals surface area contributed by atoms with Gasteiger partial charge in [0.15, 0.2) is 11.5 Å². The van der Waals surface area contributed by atoms with Crippen molar-refractivity contribution in [1.82, 2.24) is 10.6 Å². The summed E-state index contributed by atoms with van der Waals surface area (Å²) >= 11 is 0. The lowest BCUT2D eigenvalue weighted by atomic mass is 10.2. The summed E-state index contributed by atoms with van der Waals surface area (Å²) in [4.78, 5) is 23.8. The lowest BCUT2D eigenvalue weighted by Gasteiger charge is -2.19. The number of nitrogens with one attached hydrogen (secondary N) is 3. The Bertz CT molecular complexity index is 1040. The molecule has 0 spiro atoms. The van der Waals surface area contributed by atoms with Gasteiger partial charge in [0.05, 0.1) is 4.90 Å². The summed E-state index contributed by atoms with van der Waals surface area (Å²) in [6.45, 7) is 3.56. The van der Waals surface area contributed by atoms with Gasteiger partial charge in [-0.2, -0.15) is 0 Å². The Balaban J connectivity index is 1.57. The zero-order valence-corrected chi connectivity index (χ0v) is 18.0. The van der Waals surface area contributed by atoms with Gasteiger partial charge < -0.3 is 20.1 Å². The lowest BCUT2D eigenvalue weighted by Crippen LogP contribution is -2.31. The summed E-state index contributed by atoms with van der Waals surface area (Å²) in [5, 5.41) is 5.40. The molecule has 0 aliphatic carbocycles. The van der Waals surface area contributed by atoms with Gasteiger partial charge in [-0.3, -0.25) is 14.3 Å². The van der Waals surface area contributed by atoms with Crippen LogP contribution >= 0.6 is 0 Å². The number of hydrogen-bond donors (Lipinski definition) is 3. The van der Waals surface area contributed by atoms with E-state index in [0.29, 0.717) is 42.5 Å². The first kappa shape index (κ1) is 22.4. The average Bonchev–Trinajstić information content (AvgIpc) is 2.77. The van der Waals surface area contributed by atoms with Gasteiger partial charge in [-0.15, -0.1) is 0 Å². The summed E-state index contributed by atoms with van der Waals surface area (Å²) in [5.41, 5.74) is 0.668. The second kappa shape index (κ2) is 10.2.